The van der Waals surface area contributed by atoms with E-state index in [1.165, 1.54) is 19.3 Å². The molecule has 3 rings (SSSR count). The minimum atomic E-state index is 0.359. The van der Waals surface area contributed by atoms with Crippen molar-refractivity contribution < 1.29 is 4.52 Å². The van der Waals surface area contributed by atoms with Crippen molar-refractivity contribution in [3.8, 4) is 11.1 Å². The van der Waals surface area contributed by atoms with Crippen LogP contribution in [0.4, 0.5) is 5.88 Å². The molecule has 0 amide bonds. The number of rotatable bonds is 3. The second-order valence-corrected chi connectivity index (χ2v) is 5.26. The van der Waals surface area contributed by atoms with Gasteiger partial charge in [-0.25, -0.2) is 0 Å². The van der Waals surface area contributed by atoms with E-state index in [2.05, 4.69) is 5.16 Å². The minimum absolute atomic E-state index is 0.359. The van der Waals surface area contributed by atoms with Crippen LogP contribution in [0.1, 0.15) is 25.0 Å². The normalized spacial score (nSPS) is 15.6. The topological polar surface area (TPSA) is 52.0 Å². The largest absolute Gasteiger partial charge is 0.367 e. The van der Waals surface area contributed by atoms with Gasteiger partial charge in [-0.2, -0.15) is 0 Å². The quantitative estimate of drug-likeness (QED) is 0.912. The highest BCUT2D eigenvalue weighted by molar-refractivity contribution is 6.33. The van der Waals surface area contributed by atoms with Crippen LogP contribution in [0.2, 0.25) is 5.02 Å². The summed E-state index contributed by atoms with van der Waals surface area (Å²) in [6.45, 7) is 0. The molecule has 1 heterocycles. The SMILES string of the molecule is Nc1onc(CC2CCC2)c1-c1ccccc1Cl. The smallest absolute Gasteiger partial charge is 0.230 e. The van der Waals surface area contributed by atoms with Crippen molar-refractivity contribution in [1.29, 1.82) is 0 Å². The molecule has 1 aromatic carbocycles. The highest BCUT2D eigenvalue weighted by Gasteiger charge is 2.24. The van der Waals surface area contributed by atoms with E-state index in [0.717, 1.165) is 29.2 Å². The molecule has 1 saturated carbocycles. The van der Waals surface area contributed by atoms with Crippen LogP contribution in [0.15, 0.2) is 28.8 Å². The summed E-state index contributed by atoms with van der Waals surface area (Å²) in [7, 11) is 0. The third kappa shape index (κ3) is 1.99. The highest BCUT2D eigenvalue weighted by Crippen LogP contribution is 2.38. The van der Waals surface area contributed by atoms with Gasteiger partial charge in [0.1, 0.15) is 0 Å². The van der Waals surface area contributed by atoms with E-state index < -0.39 is 0 Å². The number of nitrogens with zero attached hydrogens (tertiary/aromatic N) is 1. The first-order valence-electron chi connectivity index (χ1n) is 6.24. The number of hydrogen-bond acceptors (Lipinski definition) is 3. The number of aromatic nitrogens is 1. The number of halogens is 1. The molecule has 2 aromatic rings. The van der Waals surface area contributed by atoms with Crippen LogP contribution in [-0.2, 0) is 6.42 Å². The van der Waals surface area contributed by atoms with Crippen LogP contribution in [0.3, 0.4) is 0 Å². The second-order valence-electron chi connectivity index (χ2n) is 4.85. The summed E-state index contributed by atoms with van der Waals surface area (Å²) in [5.74, 6) is 1.08. The van der Waals surface area contributed by atoms with Crippen LogP contribution in [0.5, 0.6) is 0 Å². The number of benzene rings is 1. The lowest BCUT2D eigenvalue weighted by Gasteiger charge is -2.24. The Labute approximate surface area is 111 Å². The van der Waals surface area contributed by atoms with Gasteiger partial charge in [-0.3, -0.25) is 0 Å². The zero-order valence-corrected chi connectivity index (χ0v) is 10.8. The predicted octanol–water partition coefficient (Wildman–Crippen LogP) is 3.92. The van der Waals surface area contributed by atoms with Gasteiger partial charge in [-0.05, 0) is 18.4 Å². The fraction of sp³-hybridized carbons (Fsp3) is 0.357. The average Bonchev–Trinajstić information content (AvgIpc) is 2.66. The molecule has 2 N–H and O–H groups in total. The van der Waals surface area contributed by atoms with E-state index in [4.69, 9.17) is 21.9 Å². The summed E-state index contributed by atoms with van der Waals surface area (Å²) in [6.07, 6.45) is 4.80. The molecule has 0 bridgehead atoms. The van der Waals surface area contributed by atoms with E-state index in [1.807, 2.05) is 24.3 Å². The third-order valence-corrected chi connectivity index (χ3v) is 3.97. The number of anilines is 1. The zero-order chi connectivity index (χ0) is 12.5. The fourth-order valence-electron chi connectivity index (χ4n) is 2.40. The van der Waals surface area contributed by atoms with Gasteiger partial charge in [0, 0.05) is 10.6 Å². The molecular weight excluding hydrogens is 248 g/mol. The molecule has 0 radical (unpaired) electrons. The Hall–Kier alpha value is -1.48. The number of nitrogen functional groups attached to an aromatic ring is 1. The molecule has 0 aliphatic heterocycles. The lowest BCUT2D eigenvalue weighted by atomic mass is 9.81. The van der Waals surface area contributed by atoms with Crippen molar-refractivity contribution in [2.24, 2.45) is 5.92 Å². The van der Waals surface area contributed by atoms with Crippen LogP contribution in [0.25, 0.3) is 11.1 Å². The maximum absolute atomic E-state index is 6.22. The van der Waals surface area contributed by atoms with Gasteiger partial charge >= 0.3 is 0 Å². The molecule has 1 aromatic heterocycles. The van der Waals surface area contributed by atoms with Gasteiger partial charge in [0.05, 0.1) is 11.3 Å². The Kier molecular flexibility index (Phi) is 3.00. The first kappa shape index (κ1) is 11.6. The Balaban J connectivity index is 1.99. The first-order chi connectivity index (χ1) is 8.75. The Morgan fingerprint density at radius 1 is 1.33 bits per heavy atom. The van der Waals surface area contributed by atoms with Crippen LogP contribution < -0.4 is 5.73 Å². The molecule has 4 heteroatoms. The monoisotopic (exact) mass is 262 g/mol. The molecule has 1 fully saturated rings. The minimum Gasteiger partial charge on any atom is -0.367 e. The van der Waals surface area contributed by atoms with E-state index in [1.54, 1.807) is 0 Å². The molecule has 94 valence electrons. The first-order valence-corrected chi connectivity index (χ1v) is 6.62. The molecule has 18 heavy (non-hydrogen) atoms. The number of hydrogen-bond donors (Lipinski definition) is 1. The molecule has 0 atom stereocenters. The molecule has 1 aliphatic carbocycles. The average molecular weight is 263 g/mol. The standard InChI is InChI=1S/C14H15ClN2O/c15-11-7-2-1-6-10(11)13-12(17-18-14(13)16)8-9-4-3-5-9/h1-2,6-7,9H,3-5,8,16H2. The van der Waals surface area contributed by atoms with Crippen molar-refractivity contribution in [1.82, 2.24) is 5.16 Å². The lowest BCUT2D eigenvalue weighted by molar-refractivity contribution is 0.306. The molecule has 0 spiro atoms. The van der Waals surface area contributed by atoms with Crippen molar-refractivity contribution in [2.45, 2.75) is 25.7 Å². The fourth-order valence-corrected chi connectivity index (χ4v) is 2.63. The summed E-state index contributed by atoms with van der Waals surface area (Å²) in [5.41, 5.74) is 8.60. The maximum atomic E-state index is 6.22. The Morgan fingerprint density at radius 2 is 2.11 bits per heavy atom. The van der Waals surface area contributed by atoms with Crippen LogP contribution in [-0.4, -0.2) is 5.16 Å². The van der Waals surface area contributed by atoms with Gasteiger partial charge in [-0.1, -0.05) is 54.2 Å². The molecular formula is C14H15ClN2O. The van der Waals surface area contributed by atoms with Gasteiger partial charge in [0.25, 0.3) is 0 Å². The summed E-state index contributed by atoms with van der Waals surface area (Å²) < 4.78 is 5.14. The van der Waals surface area contributed by atoms with Gasteiger partial charge in [0.15, 0.2) is 0 Å². The molecule has 3 nitrogen and oxygen atoms in total. The van der Waals surface area contributed by atoms with Gasteiger partial charge in [0.2, 0.25) is 5.88 Å². The number of nitrogens with two attached hydrogens (primary N) is 1. The van der Waals surface area contributed by atoms with E-state index >= 15 is 0 Å². The molecule has 0 saturated heterocycles. The van der Waals surface area contributed by atoms with E-state index in [9.17, 15) is 0 Å². The Bertz CT molecular complexity index is 561. The van der Waals surface area contributed by atoms with Gasteiger partial charge < -0.3 is 10.3 Å². The summed E-state index contributed by atoms with van der Waals surface area (Å²) in [5, 5.41) is 4.78. The zero-order valence-electron chi connectivity index (χ0n) is 10.0. The van der Waals surface area contributed by atoms with Gasteiger partial charge in [-0.15, -0.1) is 0 Å². The van der Waals surface area contributed by atoms with E-state index in [0.29, 0.717) is 10.9 Å². The van der Waals surface area contributed by atoms with Crippen molar-refractivity contribution in [3.05, 3.63) is 35.0 Å². The summed E-state index contributed by atoms with van der Waals surface area (Å²) in [6, 6.07) is 7.66. The van der Waals surface area contributed by atoms with Crippen LogP contribution in [0, 0.1) is 5.92 Å². The Morgan fingerprint density at radius 3 is 2.78 bits per heavy atom. The van der Waals surface area contributed by atoms with Crippen molar-refractivity contribution in [3.63, 3.8) is 0 Å². The maximum Gasteiger partial charge on any atom is 0.230 e. The predicted molar refractivity (Wildman–Crippen MR) is 72.4 cm³/mol. The highest BCUT2D eigenvalue weighted by atomic mass is 35.5. The third-order valence-electron chi connectivity index (χ3n) is 3.64. The molecule has 1 aliphatic rings. The summed E-state index contributed by atoms with van der Waals surface area (Å²) in [4.78, 5) is 0. The van der Waals surface area contributed by atoms with Crippen molar-refractivity contribution in [2.75, 3.05) is 5.73 Å². The lowest BCUT2D eigenvalue weighted by Crippen LogP contribution is -2.14. The van der Waals surface area contributed by atoms with Crippen molar-refractivity contribution >= 4 is 17.5 Å². The molecule has 0 unspecified atom stereocenters. The summed E-state index contributed by atoms with van der Waals surface area (Å²) >= 11 is 6.22. The van der Waals surface area contributed by atoms with E-state index in [-0.39, 0.29) is 0 Å². The second kappa shape index (κ2) is 4.65. The van der Waals surface area contributed by atoms with Crippen LogP contribution >= 0.6 is 11.6 Å².